The van der Waals surface area contributed by atoms with Gasteiger partial charge in [0.2, 0.25) is 15.9 Å². The SMILES string of the molecule is O=C(CN1CCN(S(=O)(=O)c2ccc(Br)cc2)CC1)Nc1cccc(F)c1. The fourth-order valence-corrected chi connectivity index (χ4v) is 4.54. The maximum absolute atomic E-state index is 13.2. The molecule has 144 valence electrons. The number of nitrogens with one attached hydrogen (secondary N) is 1. The molecule has 1 aliphatic heterocycles. The molecule has 0 aliphatic carbocycles. The van der Waals surface area contributed by atoms with Crippen LogP contribution >= 0.6 is 15.9 Å². The van der Waals surface area contributed by atoms with E-state index in [1.165, 1.54) is 22.5 Å². The molecule has 1 N–H and O–H groups in total. The zero-order valence-electron chi connectivity index (χ0n) is 14.4. The zero-order chi connectivity index (χ0) is 19.4. The average Bonchev–Trinajstić information content (AvgIpc) is 2.62. The summed E-state index contributed by atoms with van der Waals surface area (Å²) in [6, 6.07) is 12.2. The second kappa shape index (κ2) is 8.47. The summed E-state index contributed by atoms with van der Waals surface area (Å²) in [5.74, 6) is -0.677. The first-order valence-corrected chi connectivity index (χ1v) is 10.6. The number of nitrogens with zero attached hydrogens (tertiary/aromatic N) is 2. The summed E-state index contributed by atoms with van der Waals surface area (Å²) in [4.78, 5) is 14.2. The van der Waals surface area contributed by atoms with Crippen molar-refractivity contribution in [3.05, 3.63) is 58.8 Å². The lowest BCUT2D eigenvalue weighted by atomic mass is 10.3. The molecule has 1 saturated heterocycles. The largest absolute Gasteiger partial charge is 0.325 e. The van der Waals surface area contributed by atoms with Crippen LogP contribution in [-0.4, -0.2) is 56.3 Å². The van der Waals surface area contributed by atoms with Crippen LogP contribution in [0.3, 0.4) is 0 Å². The minimum atomic E-state index is -3.54. The summed E-state index contributed by atoms with van der Waals surface area (Å²) in [6.07, 6.45) is 0. The van der Waals surface area contributed by atoms with E-state index in [0.717, 1.165) is 4.47 Å². The molecule has 1 aliphatic rings. The van der Waals surface area contributed by atoms with Crippen LogP contribution in [0.15, 0.2) is 57.9 Å². The summed E-state index contributed by atoms with van der Waals surface area (Å²) in [5.41, 5.74) is 0.399. The Bertz CT molecular complexity index is 914. The van der Waals surface area contributed by atoms with E-state index in [1.807, 2.05) is 4.90 Å². The Labute approximate surface area is 166 Å². The maximum atomic E-state index is 13.2. The number of hydrogen-bond acceptors (Lipinski definition) is 4. The lowest BCUT2D eigenvalue weighted by molar-refractivity contribution is -0.117. The van der Waals surface area contributed by atoms with Crippen molar-refractivity contribution < 1.29 is 17.6 Å². The fourth-order valence-electron chi connectivity index (χ4n) is 2.85. The molecule has 2 aromatic rings. The van der Waals surface area contributed by atoms with Gasteiger partial charge < -0.3 is 5.32 Å². The van der Waals surface area contributed by atoms with Crippen LogP contribution in [0.1, 0.15) is 0 Å². The fraction of sp³-hybridized carbons (Fsp3) is 0.278. The third-order valence-electron chi connectivity index (χ3n) is 4.26. The van der Waals surface area contributed by atoms with Gasteiger partial charge in [-0.05, 0) is 42.5 Å². The Kier molecular flexibility index (Phi) is 6.25. The van der Waals surface area contributed by atoms with Crippen LogP contribution < -0.4 is 5.32 Å². The number of sulfonamides is 1. The van der Waals surface area contributed by atoms with Crippen molar-refractivity contribution in [1.29, 1.82) is 0 Å². The third kappa shape index (κ3) is 5.13. The minimum Gasteiger partial charge on any atom is -0.325 e. The Morgan fingerprint density at radius 2 is 1.74 bits per heavy atom. The van der Waals surface area contributed by atoms with Crippen molar-refractivity contribution in [2.24, 2.45) is 0 Å². The summed E-state index contributed by atoms with van der Waals surface area (Å²) in [5, 5.41) is 2.65. The molecule has 1 heterocycles. The van der Waals surface area contributed by atoms with Crippen molar-refractivity contribution in [1.82, 2.24) is 9.21 Å². The molecular formula is C18H19BrFN3O3S. The van der Waals surface area contributed by atoms with Gasteiger partial charge in [-0.2, -0.15) is 4.31 Å². The van der Waals surface area contributed by atoms with Gasteiger partial charge in [0, 0.05) is 36.3 Å². The molecule has 9 heteroatoms. The number of hydrogen-bond donors (Lipinski definition) is 1. The summed E-state index contributed by atoms with van der Waals surface area (Å²) in [7, 11) is -3.54. The van der Waals surface area contributed by atoms with E-state index in [0.29, 0.717) is 31.9 Å². The predicted octanol–water partition coefficient (Wildman–Crippen LogP) is 2.53. The molecule has 0 bridgehead atoms. The van der Waals surface area contributed by atoms with Gasteiger partial charge >= 0.3 is 0 Å². The number of anilines is 1. The first kappa shape index (κ1) is 19.9. The first-order chi connectivity index (χ1) is 12.8. The highest BCUT2D eigenvalue weighted by atomic mass is 79.9. The summed E-state index contributed by atoms with van der Waals surface area (Å²) < 4.78 is 40.8. The van der Waals surface area contributed by atoms with E-state index >= 15 is 0 Å². The Hall–Kier alpha value is -1.81. The molecule has 2 aromatic carbocycles. The number of benzene rings is 2. The third-order valence-corrected chi connectivity index (χ3v) is 6.70. The van der Waals surface area contributed by atoms with Crippen LogP contribution in [0.25, 0.3) is 0 Å². The van der Waals surface area contributed by atoms with Crippen molar-refractivity contribution in [3.63, 3.8) is 0 Å². The van der Waals surface area contributed by atoms with Gasteiger partial charge in [-0.1, -0.05) is 22.0 Å². The van der Waals surface area contributed by atoms with E-state index in [1.54, 1.807) is 30.3 Å². The van der Waals surface area contributed by atoms with E-state index in [-0.39, 0.29) is 17.3 Å². The number of rotatable bonds is 5. The van der Waals surface area contributed by atoms with Gasteiger partial charge in [0.05, 0.1) is 11.4 Å². The molecule has 0 atom stereocenters. The van der Waals surface area contributed by atoms with Gasteiger partial charge in [0.1, 0.15) is 5.82 Å². The summed E-state index contributed by atoms with van der Waals surface area (Å²) >= 11 is 3.29. The quantitative estimate of drug-likeness (QED) is 0.751. The van der Waals surface area contributed by atoms with Crippen LogP contribution in [0.5, 0.6) is 0 Å². The Balaban J connectivity index is 1.54. The standard InChI is InChI=1S/C18H19BrFN3O3S/c19-14-4-6-17(7-5-14)27(25,26)23-10-8-22(9-11-23)13-18(24)21-16-3-1-2-15(20)12-16/h1-7,12H,8-11,13H2,(H,21,24). The monoisotopic (exact) mass is 455 g/mol. The van der Waals surface area contributed by atoms with Gasteiger partial charge in [0.15, 0.2) is 0 Å². The van der Waals surface area contributed by atoms with E-state index < -0.39 is 15.8 Å². The van der Waals surface area contributed by atoms with E-state index in [4.69, 9.17) is 0 Å². The second-order valence-corrected chi connectivity index (χ2v) is 9.05. The number of amides is 1. The lowest BCUT2D eigenvalue weighted by Crippen LogP contribution is -2.50. The molecule has 0 spiro atoms. The molecule has 1 fully saturated rings. The van der Waals surface area contributed by atoms with Crippen LogP contribution in [0, 0.1) is 5.82 Å². The predicted molar refractivity (Wildman–Crippen MR) is 104 cm³/mol. The number of carbonyl (C=O) groups is 1. The molecule has 0 unspecified atom stereocenters. The molecule has 0 saturated carbocycles. The van der Waals surface area contributed by atoms with Crippen molar-refractivity contribution in [2.75, 3.05) is 38.0 Å². The van der Waals surface area contributed by atoms with Crippen LogP contribution in [-0.2, 0) is 14.8 Å². The summed E-state index contributed by atoms with van der Waals surface area (Å²) in [6.45, 7) is 1.65. The van der Waals surface area contributed by atoms with Crippen LogP contribution in [0.4, 0.5) is 10.1 Å². The van der Waals surface area contributed by atoms with Crippen molar-refractivity contribution in [2.45, 2.75) is 4.90 Å². The molecule has 0 aromatic heterocycles. The molecule has 6 nitrogen and oxygen atoms in total. The van der Waals surface area contributed by atoms with Crippen molar-refractivity contribution in [3.8, 4) is 0 Å². The Morgan fingerprint density at radius 3 is 2.37 bits per heavy atom. The van der Waals surface area contributed by atoms with Crippen molar-refractivity contribution >= 4 is 37.5 Å². The van der Waals surface area contributed by atoms with Gasteiger partial charge in [-0.15, -0.1) is 0 Å². The second-order valence-electron chi connectivity index (χ2n) is 6.19. The van der Waals surface area contributed by atoms with Gasteiger partial charge in [-0.25, -0.2) is 12.8 Å². The van der Waals surface area contributed by atoms with E-state index in [2.05, 4.69) is 21.2 Å². The number of piperazine rings is 1. The topological polar surface area (TPSA) is 69.7 Å². The maximum Gasteiger partial charge on any atom is 0.243 e. The zero-order valence-corrected chi connectivity index (χ0v) is 16.8. The number of halogens is 2. The number of carbonyl (C=O) groups excluding carboxylic acids is 1. The van der Waals surface area contributed by atoms with Gasteiger partial charge in [0.25, 0.3) is 0 Å². The lowest BCUT2D eigenvalue weighted by Gasteiger charge is -2.33. The van der Waals surface area contributed by atoms with Crippen LogP contribution in [0.2, 0.25) is 0 Å². The highest BCUT2D eigenvalue weighted by Crippen LogP contribution is 2.20. The Morgan fingerprint density at radius 1 is 1.07 bits per heavy atom. The van der Waals surface area contributed by atoms with E-state index in [9.17, 15) is 17.6 Å². The normalized spacial score (nSPS) is 16.2. The smallest absolute Gasteiger partial charge is 0.243 e. The van der Waals surface area contributed by atoms with Gasteiger partial charge in [-0.3, -0.25) is 9.69 Å². The molecule has 0 radical (unpaired) electrons. The first-order valence-electron chi connectivity index (χ1n) is 8.38. The highest BCUT2D eigenvalue weighted by Gasteiger charge is 2.29. The minimum absolute atomic E-state index is 0.128. The molecular weight excluding hydrogens is 437 g/mol. The molecule has 27 heavy (non-hydrogen) atoms. The molecule has 1 amide bonds. The average molecular weight is 456 g/mol. The molecule has 3 rings (SSSR count). The highest BCUT2D eigenvalue weighted by molar-refractivity contribution is 9.10.